The predicted octanol–water partition coefficient (Wildman–Crippen LogP) is 6.10. The third kappa shape index (κ3) is 13.9. The van der Waals surface area contributed by atoms with Crippen LogP contribution >= 0.6 is 22.9 Å². The molecule has 3 aromatic carbocycles. The largest absolute Gasteiger partial charge is 0.494 e. The number of piperidine rings is 1. The van der Waals surface area contributed by atoms with Gasteiger partial charge in [-0.1, -0.05) is 68.8 Å². The van der Waals surface area contributed by atoms with Crippen LogP contribution in [0.3, 0.4) is 0 Å². The predicted molar refractivity (Wildman–Crippen MR) is 296 cm³/mol. The summed E-state index contributed by atoms with van der Waals surface area (Å²) in [5.74, 6) is 0.712. The van der Waals surface area contributed by atoms with Gasteiger partial charge >= 0.3 is 0 Å². The number of thiazole rings is 1. The van der Waals surface area contributed by atoms with Crippen LogP contribution in [0.15, 0.2) is 78.4 Å². The van der Waals surface area contributed by atoms with Gasteiger partial charge in [0.15, 0.2) is 5.82 Å². The summed E-state index contributed by atoms with van der Waals surface area (Å²) >= 11 is 8.07. The lowest BCUT2D eigenvalue weighted by atomic mass is 9.85. The highest BCUT2D eigenvalue weighted by molar-refractivity contribution is 7.92. The number of aliphatic hydroxyl groups excluding tert-OH is 1. The van der Waals surface area contributed by atoms with Crippen LogP contribution in [-0.4, -0.2) is 158 Å². The highest BCUT2D eigenvalue weighted by atomic mass is 35.5. The van der Waals surface area contributed by atoms with Crippen molar-refractivity contribution in [2.45, 2.75) is 71.7 Å². The molecule has 0 radical (unpaired) electrons. The van der Waals surface area contributed by atoms with Gasteiger partial charge in [0.2, 0.25) is 33.7 Å². The van der Waals surface area contributed by atoms with E-state index < -0.39 is 33.6 Å². The number of aliphatic hydroxyl groups is 1. The van der Waals surface area contributed by atoms with E-state index in [-0.39, 0.29) is 54.7 Å². The lowest BCUT2D eigenvalue weighted by Gasteiger charge is -2.40. The average molecular weight is 1090 g/mol. The van der Waals surface area contributed by atoms with Crippen LogP contribution in [0.2, 0.25) is 5.02 Å². The van der Waals surface area contributed by atoms with Crippen molar-refractivity contribution in [3.63, 3.8) is 0 Å². The molecule has 3 aliphatic heterocycles. The number of rotatable bonds is 18. The molecule has 0 bridgehead atoms. The van der Waals surface area contributed by atoms with E-state index in [0.29, 0.717) is 34.5 Å². The van der Waals surface area contributed by atoms with E-state index in [1.54, 1.807) is 42.7 Å². The number of halogens is 1. The fourth-order valence-corrected chi connectivity index (χ4v) is 11.3. The number of benzene rings is 3. The van der Waals surface area contributed by atoms with Gasteiger partial charge in [0.05, 0.1) is 65.4 Å². The molecule has 75 heavy (non-hydrogen) atoms. The topological polar surface area (TPSA) is 218 Å². The van der Waals surface area contributed by atoms with E-state index in [1.165, 1.54) is 22.4 Å². The Morgan fingerprint density at radius 2 is 1.67 bits per heavy atom. The molecule has 402 valence electrons. The number of amides is 3. The summed E-state index contributed by atoms with van der Waals surface area (Å²) in [5.41, 5.74) is 6.73. The second-order valence-electron chi connectivity index (χ2n) is 20.7. The third-order valence-electron chi connectivity index (χ3n) is 14.2. The number of likely N-dealkylation sites (tertiary alicyclic amines) is 2. The first kappa shape index (κ1) is 55.1. The van der Waals surface area contributed by atoms with Gasteiger partial charge in [0, 0.05) is 71.0 Å². The molecule has 5 heterocycles. The molecule has 0 spiro atoms. The second-order valence-corrected chi connectivity index (χ2v) is 24.0. The van der Waals surface area contributed by atoms with Crippen LogP contribution in [0.4, 0.5) is 34.5 Å². The summed E-state index contributed by atoms with van der Waals surface area (Å²) in [7, 11) is -0.426. The molecule has 19 nitrogen and oxygen atoms in total. The Hall–Kier alpha value is -6.10. The van der Waals surface area contributed by atoms with E-state index in [1.807, 2.05) is 75.7 Å². The molecule has 5 N–H and O–H groups in total. The lowest BCUT2D eigenvalue weighted by Crippen LogP contribution is -2.59. The molecule has 1 unspecified atom stereocenters. The van der Waals surface area contributed by atoms with Gasteiger partial charge < -0.3 is 40.9 Å². The Bertz CT molecular complexity index is 2920. The van der Waals surface area contributed by atoms with E-state index in [4.69, 9.17) is 16.3 Å². The first-order valence-corrected chi connectivity index (χ1v) is 28.4. The number of hydrogen-bond donors (Lipinski definition) is 5. The molecular weight excluding hydrogens is 1020 g/mol. The van der Waals surface area contributed by atoms with Gasteiger partial charge in [-0.05, 0) is 79.6 Å². The number of aromatic nitrogens is 3. The summed E-state index contributed by atoms with van der Waals surface area (Å²) in [6.45, 7) is 14.2. The van der Waals surface area contributed by atoms with Crippen LogP contribution in [0.1, 0.15) is 51.3 Å². The van der Waals surface area contributed by atoms with Gasteiger partial charge in [-0.2, -0.15) is 4.98 Å². The van der Waals surface area contributed by atoms with Gasteiger partial charge in [-0.25, -0.2) is 18.4 Å². The van der Waals surface area contributed by atoms with E-state index in [0.717, 1.165) is 92.3 Å². The number of nitrogens with one attached hydrogen (secondary N) is 4. The van der Waals surface area contributed by atoms with Gasteiger partial charge in [0.1, 0.15) is 22.9 Å². The lowest BCUT2D eigenvalue weighted by molar-refractivity contribution is -0.144. The van der Waals surface area contributed by atoms with Crippen molar-refractivity contribution in [2.75, 3.05) is 99.2 Å². The number of carbonyl (C=O) groups excluding carboxylic acids is 3. The first-order chi connectivity index (χ1) is 35.7. The Kier molecular flexibility index (Phi) is 17.5. The number of methoxy groups -OCH3 is 1. The summed E-state index contributed by atoms with van der Waals surface area (Å²) in [4.78, 5) is 64.3. The number of para-hydroxylation sites is 2. The molecule has 3 amide bonds. The Balaban J connectivity index is 0.781. The summed E-state index contributed by atoms with van der Waals surface area (Å²) in [6, 6.07) is 19.1. The summed E-state index contributed by atoms with van der Waals surface area (Å²) in [5, 5.41) is 23.3. The van der Waals surface area contributed by atoms with Gasteiger partial charge in [0.25, 0.3) is 0 Å². The number of aryl methyl sites for hydroxylation is 1. The standard InChI is InChI=1S/C53H69ClN12O7S2/c1-34-47(74-33-57-34)37-14-12-35(13-15-37)28-55-50(69)44-27-39(67)31-66(44)51(70)48(53(2,3)4)60-46(68)32-63-20-18-36(19-21-63)30-64-22-24-65(25-23-64)38-16-17-42(45(26-38)73-6)59-52-56-29-40(54)49(61-52)58-41-10-8-9-11-43(41)62(5)75(7,71)72/h8-17,26,29,33,36,39,44,48,67H,18-25,27-28,30-32H2,1-7H3,(H,55,69)(H,60,68)(H2,56,58,59,61)/t39-,44-,48?/m1/s1. The normalized spacial score (nSPS) is 18.4. The average Bonchev–Trinajstić information content (AvgIpc) is 4.01. The van der Waals surface area contributed by atoms with Crippen molar-refractivity contribution in [3.05, 3.63) is 94.7 Å². The zero-order chi connectivity index (χ0) is 53.6. The highest BCUT2D eigenvalue weighted by Gasteiger charge is 2.44. The molecular formula is C53H69ClN12O7S2. The SMILES string of the molecule is COc1cc(N2CCN(CC3CCN(CC(=O)NC(C(=O)N4C[C@H](O)C[C@@H]4C(=O)NCc4ccc(-c5scnc5C)cc4)C(C)(C)C)CC3)CC2)ccc1Nc1ncc(Cl)c(Nc2ccccc2N(C)S(C)(=O)=O)n1. The number of anilines is 6. The third-order valence-corrected chi connectivity index (χ3v) is 16.7. The number of ether oxygens (including phenoxy) is 1. The van der Waals surface area contributed by atoms with Crippen molar-refractivity contribution < 1.29 is 32.6 Å². The Morgan fingerprint density at radius 3 is 2.33 bits per heavy atom. The Morgan fingerprint density at radius 1 is 0.947 bits per heavy atom. The maximum absolute atomic E-state index is 14.2. The van der Waals surface area contributed by atoms with Crippen molar-refractivity contribution in [2.24, 2.45) is 11.3 Å². The minimum Gasteiger partial charge on any atom is -0.494 e. The highest BCUT2D eigenvalue weighted by Crippen LogP contribution is 2.36. The number of sulfonamides is 1. The minimum absolute atomic E-state index is 0.0168. The molecule has 2 aromatic heterocycles. The number of hydrogen-bond acceptors (Lipinski definition) is 16. The molecule has 8 rings (SSSR count). The minimum atomic E-state index is -3.52. The first-order valence-electron chi connectivity index (χ1n) is 25.3. The molecule has 3 aliphatic rings. The number of piperazine rings is 1. The maximum Gasteiger partial charge on any atom is 0.246 e. The van der Waals surface area contributed by atoms with Crippen molar-refractivity contribution in [1.29, 1.82) is 0 Å². The molecule has 22 heteroatoms. The maximum atomic E-state index is 14.2. The number of nitrogens with zero attached hydrogens (tertiary/aromatic N) is 8. The number of carbonyl (C=O) groups is 3. The molecule has 3 atom stereocenters. The monoisotopic (exact) mass is 1080 g/mol. The fraction of sp³-hybridized carbons (Fsp3) is 0.472. The smallest absolute Gasteiger partial charge is 0.246 e. The van der Waals surface area contributed by atoms with Gasteiger partial charge in [-0.3, -0.25) is 28.5 Å². The van der Waals surface area contributed by atoms with E-state index in [2.05, 4.69) is 50.9 Å². The van der Waals surface area contributed by atoms with Crippen LogP contribution in [0, 0.1) is 18.3 Å². The van der Waals surface area contributed by atoms with Gasteiger partial charge in [-0.15, -0.1) is 11.3 Å². The summed E-state index contributed by atoms with van der Waals surface area (Å²) < 4.78 is 31.6. The van der Waals surface area contributed by atoms with Crippen LogP contribution in [0.5, 0.6) is 5.75 Å². The molecule has 3 fully saturated rings. The molecule has 0 aliphatic carbocycles. The zero-order valence-electron chi connectivity index (χ0n) is 43.7. The van der Waals surface area contributed by atoms with Crippen molar-refractivity contribution in [3.8, 4) is 16.2 Å². The van der Waals surface area contributed by atoms with Crippen molar-refractivity contribution in [1.82, 2.24) is 40.3 Å². The van der Waals surface area contributed by atoms with E-state index in [9.17, 15) is 27.9 Å². The summed E-state index contributed by atoms with van der Waals surface area (Å²) in [6.07, 6.45) is 3.80. The van der Waals surface area contributed by atoms with Crippen LogP contribution in [-0.2, 0) is 31.0 Å². The second kappa shape index (κ2) is 23.8. The zero-order valence-corrected chi connectivity index (χ0v) is 46.1. The Labute approximate surface area is 449 Å². The fourth-order valence-electron chi connectivity index (χ4n) is 9.85. The molecule has 3 saturated heterocycles. The quantitative estimate of drug-likeness (QED) is 0.0671. The van der Waals surface area contributed by atoms with Crippen molar-refractivity contribution >= 4 is 85.2 Å². The number of β-amino-alcohol motifs (C(OH)–C–C–N with tert-alkyl or cyclic N) is 1. The molecule has 5 aromatic rings. The van der Waals surface area contributed by atoms with Crippen LogP contribution < -0.4 is 35.2 Å². The van der Waals surface area contributed by atoms with Crippen LogP contribution in [0.25, 0.3) is 10.4 Å². The van der Waals surface area contributed by atoms with E-state index >= 15 is 0 Å². The molecule has 0 saturated carbocycles.